The fraction of sp³-hybridized carbons (Fsp3) is 0. The van der Waals surface area contributed by atoms with Crippen molar-refractivity contribution < 1.29 is 13.6 Å². The number of halogens is 2. The van der Waals surface area contributed by atoms with E-state index in [9.17, 15) is 13.6 Å². The van der Waals surface area contributed by atoms with Crippen LogP contribution in [0.1, 0.15) is 10.4 Å². The Morgan fingerprint density at radius 1 is 1.00 bits per heavy atom. The second kappa shape index (κ2) is 4.69. The summed E-state index contributed by atoms with van der Waals surface area (Å²) < 4.78 is 25.8. The zero-order valence-corrected chi connectivity index (χ0v) is 10.0. The number of aromatic nitrogens is 3. The van der Waals surface area contributed by atoms with Crippen molar-refractivity contribution in [1.82, 2.24) is 15.4 Å². The Morgan fingerprint density at radius 2 is 1.80 bits per heavy atom. The first-order valence-electron chi connectivity index (χ1n) is 5.70. The van der Waals surface area contributed by atoms with Gasteiger partial charge in [-0.1, -0.05) is 0 Å². The number of H-pyrrole nitrogens is 1. The fourth-order valence-corrected chi connectivity index (χ4v) is 1.76. The third-order valence-corrected chi connectivity index (χ3v) is 2.76. The molecule has 3 rings (SSSR count). The minimum atomic E-state index is -1.02. The quantitative estimate of drug-likeness (QED) is 0.754. The highest BCUT2D eigenvalue weighted by molar-refractivity contribution is 6.05. The first-order chi connectivity index (χ1) is 9.63. The molecule has 0 spiro atoms. The van der Waals surface area contributed by atoms with Gasteiger partial charge in [0.05, 0.1) is 0 Å². The molecule has 0 radical (unpaired) electrons. The number of amides is 1. The smallest absolute Gasteiger partial charge is 0.255 e. The molecule has 1 aromatic heterocycles. The number of aromatic amines is 1. The Bertz CT molecular complexity index is 800. The zero-order valence-electron chi connectivity index (χ0n) is 10.0. The Hall–Kier alpha value is -2.83. The van der Waals surface area contributed by atoms with Gasteiger partial charge in [0.2, 0.25) is 0 Å². The summed E-state index contributed by atoms with van der Waals surface area (Å²) >= 11 is 0. The lowest BCUT2D eigenvalue weighted by Crippen LogP contribution is -2.12. The highest BCUT2D eigenvalue weighted by Crippen LogP contribution is 2.16. The van der Waals surface area contributed by atoms with Crippen molar-refractivity contribution >= 4 is 22.6 Å². The van der Waals surface area contributed by atoms with Crippen LogP contribution in [-0.2, 0) is 0 Å². The number of carbonyl (C=O) groups excluding carboxylic acids is 1. The van der Waals surface area contributed by atoms with Crippen LogP contribution in [-0.4, -0.2) is 21.3 Å². The number of nitrogens with zero attached hydrogens (tertiary/aromatic N) is 2. The first kappa shape index (κ1) is 12.2. The summed E-state index contributed by atoms with van der Waals surface area (Å²) in [4.78, 5) is 12.0. The maximum Gasteiger partial charge on any atom is 0.255 e. The minimum Gasteiger partial charge on any atom is -0.322 e. The third-order valence-electron chi connectivity index (χ3n) is 2.76. The Morgan fingerprint density at radius 3 is 2.60 bits per heavy atom. The second-order valence-electron chi connectivity index (χ2n) is 4.11. The lowest BCUT2D eigenvalue weighted by molar-refractivity contribution is 0.102. The van der Waals surface area contributed by atoms with Crippen LogP contribution >= 0.6 is 0 Å². The van der Waals surface area contributed by atoms with Gasteiger partial charge >= 0.3 is 0 Å². The van der Waals surface area contributed by atoms with Gasteiger partial charge in [-0.3, -0.25) is 4.79 Å². The molecule has 1 amide bonds. The molecule has 0 atom stereocenters. The second-order valence-corrected chi connectivity index (χ2v) is 4.11. The molecule has 2 N–H and O–H groups in total. The van der Waals surface area contributed by atoms with Crippen molar-refractivity contribution in [2.24, 2.45) is 0 Å². The number of hydrogen-bond acceptors (Lipinski definition) is 3. The molecule has 0 aliphatic heterocycles. The molecule has 0 fully saturated rings. The molecule has 0 bridgehead atoms. The van der Waals surface area contributed by atoms with Crippen LogP contribution in [0.2, 0.25) is 0 Å². The topological polar surface area (TPSA) is 70.7 Å². The molecule has 0 aliphatic carbocycles. The van der Waals surface area contributed by atoms with E-state index in [1.165, 1.54) is 6.07 Å². The number of anilines is 1. The average Bonchev–Trinajstić information content (AvgIpc) is 2.90. The van der Waals surface area contributed by atoms with Crippen LogP contribution in [0.25, 0.3) is 11.0 Å². The van der Waals surface area contributed by atoms with Crippen LogP contribution in [0.15, 0.2) is 36.4 Å². The molecule has 0 saturated carbocycles. The van der Waals surface area contributed by atoms with Gasteiger partial charge in [0.25, 0.3) is 5.91 Å². The lowest BCUT2D eigenvalue weighted by atomic mass is 10.2. The van der Waals surface area contributed by atoms with Gasteiger partial charge in [0, 0.05) is 17.3 Å². The van der Waals surface area contributed by atoms with Gasteiger partial charge in [-0.25, -0.2) is 8.78 Å². The Balaban J connectivity index is 1.86. The van der Waals surface area contributed by atoms with E-state index in [0.717, 1.165) is 12.1 Å². The van der Waals surface area contributed by atoms with Gasteiger partial charge in [-0.2, -0.15) is 15.4 Å². The van der Waals surface area contributed by atoms with E-state index in [-0.39, 0.29) is 5.69 Å². The van der Waals surface area contributed by atoms with Gasteiger partial charge in [-0.05, 0) is 30.3 Å². The monoisotopic (exact) mass is 274 g/mol. The number of carbonyl (C=O) groups is 1. The van der Waals surface area contributed by atoms with Crippen molar-refractivity contribution in [3.8, 4) is 0 Å². The summed E-state index contributed by atoms with van der Waals surface area (Å²) in [6.07, 6.45) is 0. The van der Waals surface area contributed by atoms with Crippen molar-refractivity contribution in [3.05, 3.63) is 53.6 Å². The van der Waals surface area contributed by atoms with E-state index < -0.39 is 17.5 Å². The average molecular weight is 274 g/mol. The Kier molecular flexibility index (Phi) is 2.86. The maximum absolute atomic E-state index is 13.0. The summed E-state index contributed by atoms with van der Waals surface area (Å²) in [5.74, 6) is -2.43. The number of benzene rings is 2. The summed E-state index contributed by atoms with van der Waals surface area (Å²) in [6, 6.07) is 7.91. The molecule has 7 heteroatoms. The SMILES string of the molecule is O=C(Nc1ccc(F)c(F)c1)c1ccc2n[nH]nc2c1. The summed E-state index contributed by atoms with van der Waals surface area (Å²) in [6.45, 7) is 0. The lowest BCUT2D eigenvalue weighted by Gasteiger charge is -2.05. The number of rotatable bonds is 2. The molecule has 3 aromatic rings. The van der Waals surface area contributed by atoms with Crippen LogP contribution in [0.5, 0.6) is 0 Å². The van der Waals surface area contributed by atoms with Crippen LogP contribution in [0, 0.1) is 11.6 Å². The molecule has 5 nitrogen and oxygen atoms in total. The highest BCUT2D eigenvalue weighted by atomic mass is 19.2. The standard InChI is InChI=1S/C13H8F2N4O/c14-9-3-2-8(6-10(9)15)16-13(20)7-1-4-11-12(5-7)18-19-17-11/h1-6H,(H,16,20)(H,17,18,19). The largest absolute Gasteiger partial charge is 0.322 e. The molecule has 2 aromatic carbocycles. The maximum atomic E-state index is 13.0. The highest BCUT2D eigenvalue weighted by Gasteiger charge is 2.10. The predicted molar refractivity (Wildman–Crippen MR) is 68.2 cm³/mol. The molecular weight excluding hydrogens is 266 g/mol. The van der Waals surface area contributed by atoms with Crippen molar-refractivity contribution in [3.63, 3.8) is 0 Å². The summed E-state index contributed by atoms with van der Waals surface area (Å²) in [5.41, 5.74) is 1.70. The molecular formula is C13H8F2N4O. The Labute approximate surface area is 111 Å². The molecule has 0 aliphatic rings. The number of hydrogen-bond donors (Lipinski definition) is 2. The number of fused-ring (bicyclic) bond motifs is 1. The van der Waals surface area contributed by atoms with E-state index in [4.69, 9.17) is 0 Å². The van der Waals surface area contributed by atoms with Crippen molar-refractivity contribution in [1.29, 1.82) is 0 Å². The van der Waals surface area contributed by atoms with Crippen molar-refractivity contribution in [2.45, 2.75) is 0 Å². The molecule has 0 unspecified atom stereocenters. The molecule has 100 valence electrons. The summed E-state index contributed by atoms with van der Waals surface area (Å²) in [5, 5.41) is 12.7. The van der Waals surface area contributed by atoms with E-state index >= 15 is 0 Å². The first-order valence-corrected chi connectivity index (χ1v) is 5.70. The van der Waals surface area contributed by atoms with Gasteiger partial charge in [0.15, 0.2) is 11.6 Å². The van der Waals surface area contributed by atoms with E-state index in [1.807, 2.05) is 0 Å². The molecule has 20 heavy (non-hydrogen) atoms. The van der Waals surface area contributed by atoms with E-state index in [1.54, 1.807) is 18.2 Å². The van der Waals surface area contributed by atoms with E-state index in [0.29, 0.717) is 16.6 Å². The summed E-state index contributed by atoms with van der Waals surface area (Å²) in [7, 11) is 0. The molecule has 1 heterocycles. The van der Waals surface area contributed by atoms with Crippen LogP contribution in [0.4, 0.5) is 14.5 Å². The van der Waals surface area contributed by atoms with E-state index in [2.05, 4.69) is 20.7 Å². The number of nitrogens with one attached hydrogen (secondary N) is 2. The third kappa shape index (κ3) is 2.20. The van der Waals surface area contributed by atoms with Gasteiger partial charge in [-0.15, -0.1) is 0 Å². The predicted octanol–water partition coefficient (Wildman–Crippen LogP) is 2.49. The minimum absolute atomic E-state index is 0.175. The fourth-order valence-electron chi connectivity index (χ4n) is 1.76. The normalized spacial score (nSPS) is 10.7. The van der Waals surface area contributed by atoms with Crippen LogP contribution < -0.4 is 5.32 Å². The van der Waals surface area contributed by atoms with Gasteiger partial charge in [0.1, 0.15) is 11.0 Å². The van der Waals surface area contributed by atoms with Crippen molar-refractivity contribution in [2.75, 3.05) is 5.32 Å². The van der Waals surface area contributed by atoms with Crippen LogP contribution in [0.3, 0.4) is 0 Å². The zero-order chi connectivity index (χ0) is 14.1. The molecule has 0 saturated heterocycles. The van der Waals surface area contributed by atoms with Gasteiger partial charge < -0.3 is 5.32 Å².